The molecule has 1 aromatic rings. The van der Waals surface area contributed by atoms with Gasteiger partial charge >= 0.3 is 0 Å². The van der Waals surface area contributed by atoms with E-state index in [1.165, 1.54) is 0 Å². The number of rotatable bonds is 8. The number of carbonyl (C=O) groups is 1. The van der Waals surface area contributed by atoms with Gasteiger partial charge in [-0.3, -0.25) is 9.79 Å². The third-order valence-electron chi connectivity index (χ3n) is 3.30. The second kappa shape index (κ2) is 12.8. The first-order chi connectivity index (χ1) is 11.4. The number of amides is 1. The van der Waals surface area contributed by atoms with Crippen LogP contribution in [0, 0.1) is 6.92 Å². The molecule has 0 saturated heterocycles. The fourth-order valence-electron chi connectivity index (χ4n) is 2.10. The van der Waals surface area contributed by atoms with Crippen LogP contribution in [0.15, 0.2) is 29.3 Å². The summed E-state index contributed by atoms with van der Waals surface area (Å²) >= 11 is 0. The number of nitrogens with one attached hydrogen (secondary N) is 3. The Morgan fingerprint density at radius 3 is 2.48 bits per heavy atom. The first kappa shape index (κ1) is 23.5. The number of benzene rings is 1. The van der Waals surface area contributed by atoms with Gasteiger partial charge in [-0.05, 0) is 39.3 Å². The summed E-state index contributed by atoms with van der Waals surface area (Å²) in [6.07, 6.45) is 0.405. The number of ether oxygens (including phenoxy) is 1. The van der Waals surface area contributed by atoms with Gasteiger partial charge in [-0.15, -0.1) is 24.0 Å². The molecule has 0 fully saturated rings. The van der Waals surface area contributed by atoms with Gasteiger partial charge in [0.25, 0.3) is 0 Å². The van der Waals surface area contributed by atoms with E-state index in [-0.39, 0.29) is 42.0 Å². The van der Waals surface area contributed by atoms with Crippen molar-refractivity contribution in [3.8, 4) is 5.75 Å². The molecule has 1 unspecified atom stereocenters. The SMILES string of the molecule is CN=C(NCCC(=O)NC(C)C)NCC(C)Oc1ccccc1C.I. The van der Waals surface area contributed by atoms with E-state index in [0.29, 0.717) is 25.5 Å². The van der Waals surface area contributed by atoms with Gasteiger partial charge in [-0.25, -0.2) is 0 Å². The fourth-order valence-corrected chi connectivity index (χ4v) is 2.10. The largest absolute Gasteiger partial charge is 0.489 e. The van der Waals surface area contributed by atoms with Crippen LogP contribution in [-0.2, 0) is 4.79 Å². The van der Waals surface area contributed by atoms with E-state index in [1.807, 2.05) is 52.0 Å². The van der Waals surface area contributed by atoms with Crippen LogP contribution in [0.2, 0.25) is 0 Å². The average Bonchev–Trinajstić information content (AvgIpc) is 2.52. The van der Waals surface area contributed by atoms with E-state index >= 15 is 0 Å². The average molecular weight is 462 g/mol. The Morgan fingerprint density at radius 1 is 1.20 bits per heavy atom. The standard InChI is InChI=1S/C18H30N4O2.HI/c1-13(2)22-17(23)10-11-20-18(19-5)21-12-15(4)24-16-9-7-6-8-14(16)3;/h6-9,13,15H,10-12H2,1-5H3,(H,22,23)(H2,19,20,21);1H. The maximum Gasteiger partial charge on any atom is 0.221 e. The Hall–Kier alpha value is -1.51. The first-order valence-electron chi connectivity index (χ1n) is 8.38. The summed E-state index contributed by atoms with van der Waals surface area (Å²) in [5.41, 5.74) is 1.11. The molecule has 7 heteroatoms. The molecule has 0 radical (unpaired) electrons. The van der Waals surface area contributed by atoms with Gasteiger partial charge in [0.15, 0.2) is 5.96 Å². The maximum absolute atomic E-state index is 11.6. The molecule has 0 aliphatic heterocycles. The third kappa shape index (κ3) is 10.2. The predicted molar refractivity (Wildman–Crippen MR) is 114 cm³/mol. The second-order valence-electron chi connectivity index (χ2n) is 6.05. The number of carbonyl (C=O) groups excluding carboxylic acids is 1. The van der Waals surface area contributed by atoms with E-state index < -0.39 is 0 Å². The molecule has 1 amide bonds. The zero-order valence-corrected chi connectivity index (χ0v) is 18.1. The fraction of sp³-hybridized carbons (Fsp3) is 0.556. The topological polar surface area (TPSA) is 74.8 Å². The summed E-state index contributed by atoms with van der Waals surface area (Å²) in [4.78, 5) is 15.7. The number of guanidine groups is 1. The number of para-hydroxylation sites is 1. The summed E-state index contributed by atoms with van der Waals surface area (Å²) in [6.45, 7) is 9.07. The Kier molecular flexibility index (Phi) is 12.0. The number of nitrogens with zero attached hydrogens (tertiary/aromatic N) is 1. The van der Waals surface area contributed by atoms with Crippen LogP contribution in [0.25, 0.3) is 0 Å². The molecule has 1 rings (SSSR count). The van der Waals surface area contributed by atoms with Crippen LogP contribution in [-0.4, -0.2) is 44.1 Å². The minimum Gasteiger partial charge on any atom is -0.489 e. The second-order valence-corrected chi connectivity index (χ2v) is 6.05. The molecule has 0 bridgehead atoms. The van der Waals surface area contributed by atoms with Crippen LogP contribution < -0.4 is 20.7 Å². The van der Waals surface area contributed by atoms with Gasteiger partial charge in [-0.2, -0.15) is 0 Å². The summed E-state index contributed by atoms with van der Waals surface area (Å²) in [5, 5.41) is 9.19. The lowest BCUT2D eigenvalue weighted by Crippen LogP contribution is -2.43. The van der Waals surface area contributed by atoms with Crippen molar-refractivity contribution in [1.29, 1.82) is 0 Å². The highest BCUT2D eigenvalue weighted by Crippen LogP contribution is 2.17. The predicted octanol–water partition coefficient (Wildman–Crippen LogP) is 2.46. The molecule has 0 aliphatic carbocycles. The lowest BCUT2D eigenvalue weighted by molar-refractivity contribution is -0.121. The molecule has 0 heterocycles. The molecule has 3 N–H and O–H groups in total. The number of aliphatic imine (C=N–C) groups is 1. The van der Waals surface area contributed by atoms with Crippen LogP contribution in [0.3, 0.4) is 0 Å². The Bertz CT molecular complexity index is 550. The van der Waals surface area contributed by atoms with Gasteiger partial charge in [0.1, 0.15) is 11.9 Å². The minimum atomic E-state index is -0.00566. The number of aryl methyl sites for hydroxylation is 1. The molecule has 142 valence electrons. The molecule has 0 aliphatic rings. The van der Waals surface area contributed by atoms with Crippen molar-refractivity contribution in [1.82, 2.24) is 16.0 Å². The first-order valence-corrected chi connectivity index (χ1v) is 8.38. The smallest absolute Gasteiger partial charge is 0.221 e. The molecule has 0 spiro atoms. The normalized spacial score (nSPS) is 12.2. The quantitative estimate of drug-likeness (QED) is 0.315. The van der Waals surface area contributed by atoms with Crippen molar-refractivity contribution in [2.75, 3.05) is 20.1 Å². The lowest BCUT2D eigenvalue weighted by Gasteiger charge is -2.18. The van der Waals surface area contributed by atoms with E-state index in [4.69, 9.17) is 4.74 Å². The Balaban J connectivity index is 0.00000576. The van der Waals surface area contributed by atoms with Crippen LogP contribution in [0.4, 0.5) is 0 Å². The van der Waals surface area contributed by atoms with Crippen LogP contribution in [0.1, 0.15) is 32.8 Å². The lowest BCUT2D eigenvalue weighted by atomic mass is 10.2. The number of halogens is 1. The highest BCUT2D eigenvalue weighted by molar-refractivity contribution is 14.0. The molecule has 25 heavy (non-hydrogen) atoms. The molecular weight excluding hydrogens is 431 g/mol. The van der Waals surface area contributed by atoms with Crippen LogP contribution in [0.5, 0.6) is 5.75 Å². The zero-order chi connectivity index (χ0) is 17.9. The molecular formula is C18H31IN4O2. The Morgan fingerprint density at radius 2 is 1.88 bits per heavy atom. The molecule has 1 atom stereocenters. The van der Waals surface area contributed by atoms with Crippen molar-refractivity contribution in [2.24, 2.45) is 4.99 Å². The summed E-state index contributed by atoms with van der Waals surface area (Å²) in [6, 6.07) is 8.11. The van der Waals surface area contributed by atoms with Gasteiger partial charge in [0, 0.05) is 26.1 Å². The third-order valence-corrected chi connectivity index (χ3v) is 3.30. The van der Waals surface area contributed by atoms with Crippen molar-refractivity contribution in [3.05, 3.63) is 29.8 Å². The van der Waals surface area contributed by atoms with Gasteiger partial charge in [0.05, 0.1) is 6.54 Å². The molecule has 0 aromatic heterocycles. The highest BCUT2D eigenvalue weighted by atomic mass is 127. The highest BCUT2D eigenvalue weighted by Gasteiger charge is 2.08. The summed E-state index contributed by atoms with van der Waals surface area (Å²) in [5.74, 6) is 1.58. The summed E-state index contributed by atoms with van der Waals surface area (Å²) in [7, 11) is 1.70. The minimum absolute atomic E-state index is 0. The zero-order valence-electron chi connectivity index (χ0n) is 15.8. The van der Waals surface area contributed by atoms with Crippen molar-refractivity contribution in [3.63, 3.8) is 0 Å². The maximum atomic E-state index is 11.6. The van der Waals surface area contributed by atoms with Crippen molar-refractivity contribution >= 4 is 35.8 Å². The van der Waals surface area contributed by atoms with Gasteiger partial charge in [-0.1, -0.05) is 18.2 Å². The van der Waals surface area contributed by atoms with E-state index in [1.54, 1.807) is 7.05 Å². The molecule has 1 aromatic carbocycles. The summed E-state index contributed by atoms with van der Waals surface area (Å²) < 4.78 is 5.92. The van der Waals surface area contributed by atoms with Gasteiger partial charge in [0.2, 0.25) is 5.91 Å². The van der Waals surface area contributed by atoms with Gasteiger partial charge < -0.3 is 20.7 Å². The van der Waals surface area contributed by atoms with E-state index in [0.717, 1.165) is 11.3 Å². The van der Waals surface area contributed by atoms with Crippen LogP contribution >= 0.6 is 24.0 Å². The molecule has 0 saturated carbocycles. The Labute approximate surface area is 168 Å². The van der Waals surface area contributed by atoms with Crippen molar-refractivity contribution < 1.29 is 9.53 Å². The number of hydrogen-bond acceptors (Lipinski definition) is 3. The molecule has 6 nitrogen and oxygen atoms in total. The van der Waals surface area contributed by atoms with Crippen molar-refractivity contribution in [2.45, 2.75) is 46.3 Å². The van der Waals surface area contributed by atoms with E-state index in [9.17, 15) is 4.79 Å². The van der Waals surface area contributed by atoms with E-state index in [2.05, 4.69) is 20.9 Å². The number of hydrogen-bond donors (Lipinski definition) is 3. The monoisotopic (exact) mass is 462 g/mol.